The van der Waals surface area contributed by atoms with Crippen molar-refractivity contribution in [2.24, 2.45) is 5.92 Å². The van der Waals surface area contributed by atoms with Gasteiger partial charge in [0.05, 0.1) is 0 Å². The Labute approximate surface area is 129 Å². The first-order chi connectivity index (χ1) is 10.4. The van der Waals surface area contributed by atoms with Gasteiger partial charge >= 0.3 is 11.9 Å². The second kappa shape index (κ2) is 6.43. The number of carboxylic acids is 2. The number of benzene rings is 2. The van der Waals surface area contributed by atoms with Crippen molar-refractivity contribution in [1.82, 2.24) is 0 Å². The lowest BCUT2D eigenvalue weighted by molar-refractivity contribution is -0.155. The minimum absolute atomic E-state index is 0.684. The van der Waals surface area contributed by atoms with Crippen LogP contribution in [-0.2, 0) is 9.59 Å². The Morgan fingerprint density at radius 1 is 0.727 bits per heavy atom. The second-order valence-corrected chi connectivity index (χ2v) is 5.45. The molecule has 22 heavy (non-hydrogen) atoms. The van der Waals surface area contributed by atoms with Gasteiger partial charge in [0.15, 0.2) is 5.92 Å². The summed E-state index contributed by atoms with van der Waals surface area (Å²) >= 11 is 0. The van der Waals surface area contributed by atoms with Crippen LogP contribution in [0.4, 0.5) is 0 Å². The molecular formula is C18H18O4. The quantitative estimate of drug-likeness (QED) is 0.831. The molecule has 0 atom stereocenters. The zero-order valence-electron chi connectivity index (χ0n) is 12.5. The van der Waals surface area contributed by atoms with E-state index in [-0.39, 0.29) is 0 Å². The van der Waals surface area contributed by atoms with Crippen molar-refractivity contribution in [3.8, 4) is 0 Å². The van der Waals surface area contributed by atoms with Gasteiger partial charge in [-0.2, -0.15) is 0 Å². The monoisotopic (exact) mass is 298 g/mol. The number of hydrogen-bond acceptors (Lipinski definition) is 2. The van der Waals surface area contributed by atoms with E-state index in [0.717, 1.165) is 11.1 Å². The van der Waals surface area contributed by atoms with E-state index >= 15 is 0 Å². The molecular weight excluding hydrogens is 280 g/mol. The van der Waals surface area contributed by atoms with Crippen LogP contribution in [0.15, 0.2) is 48.5 Å². The molecule has 0 bridgehead atoms. The standard InChI is InChI=1S/C18H18O4/c1-11-3-7-13(8-4-11)15(16(17(19)20)18(21)22)14-9-5-12(2)6-10-14/h3-10,15-16H,1-2H3,(H,19,20)(H,21,22). The minimum Gasteiger partial charge on any atom is -0.481 e. The Bertz CT molecular complexity index is 612. The van der Waals surface area contributed by atoms with Gasteiger partial charge in [-0.15, -0.1) is 0 Å². The largest absolute Gasteiger partial charge is 0.481 e. The Balaban J connectivity index is 2.57. The van der Waals surface area contributed by atoms with Gasteiger partial charge in [-0.3, -0.25) is 9.59 Å². The van der Waals surface area contributed by atoms with Gasteiger partial charge in [0.1, 0.15) is 0 Å². The fourth-order valence-electron chi connectivity index (χ4n) is 2.52. The SMILES string of the molecule is Cc1ccc(C(c2ccc(C)cc2)C(C(=O)O)C(=O)O)cc1. The summed E-state index contributed by atoms with van der Waals surface area (Å²) in [4.78, 5) is 23.0. The zero-order valence-corrected chi connectivity index (χ0v) is 12.5. The highest BCUT2D eigenvalue weighted by atomic mass is 16.4. The summed E-state index contributed by atoms with van der Waals surface area (Å²) in [5.41, 5.74) is 3.44. The van der Waals surface area contributed by atoms with Crippen molar-refractivity contribution in [1.29, 1.82) is 0 Å². The zero-order chi connectivity index (χ0) is 16.3. The van der Waals surface area contributed by atoms with Crippen molar-refractivity contribution in [2.45, 2.75) is 19.8 Å². The molecule has 0 saturated carbocycles. The first-order valence-electron chi connectivity index (χ1n) is 6.99. The molecule has 0 radical (unpaired) electrons. The van der Waals surface area contributed by atoms with Crippen LogP contribution in [0.2, 0.25) is 0 Å². The highest BCUT2D eigenvalue weighted by Crippen LogP contribution is 2.33. The predicted molar refractivity (Wildman–Crippen MR) is 83.0 cm³/mol. The van der Waals surface area contributed by atoms with Crippen LogP contribution < -0.4 is 0 Å². The first-order valence-corrected chi connectivity index (χ1v) is 6.99. The number of rotatable bonds is 5. The van der Waals surface area contributed by atoms with Crippen LogP contribution in [0.3, 0.4) is 0 Å². The predicted octanol–water partition coefficient (Wildman–Crippen LogP) is 3.22. The fourth-order valence-corrected chi connectivity index (χ4v) is 2.52. The van der Waals surface area contributed by atoms with E-state index in [2.05, 4.69) is 0 Å². The van der Waals surface area contributed by atoms with Gasteiger partial charge in [0.25, 0.3) is 0 Å². The summed E-state index contributed by atoms with van der Waals surface area (Å²) in [6, 6.07) is 14.6. The molecule has 0 aromatic heterocycles. The van der Waals surface area contributed by atoms with E-state index in [1.54, 1.807) is 24.3 Å². The summed E-state index contributed by atoms with van der Waals surface area (Å²) < 4.78 is 0. The van der Waals surface area contributed by atoms with E-state index in [1.807, 2.05) is 38.1 Å². The van der Waals surface area contributed by atoms with Crippen LogP contribution in [0.5, 0.6) is 0 Å². The van der Waals surface area contributed by atoms with Crippen molar-refractivity contribution in [3.05, 3.63) is 70.8 Å². The first kappa shape index (κ1) is 15.8. The number of carboxylic acid groups (broad SMARTS) is 2. The molecule has 2 aromatic rings. The van der Waals surface area contributed by atoms with E-state index < -0.39 is 23.8 Å². The van der Waals surface area contributed by atoms with Gasteiger partial charge < -0.3 is 10.2 Å². The van der Waals surface area contributed by atoms with Crippen molar-refractivity contribution in [3.63, 3.8) is 0 Å². The fraction of sp³-hybridized carbons (Fsp3) is 0.222. The lowest BCUT2D eigenvalue weighted by Gasteiger charge is -2.22. The Morgan fingerprint density at radius 2 is 1.05 bits per heavy atom. The molecule has 2 aromatic carbocycles. The molecule has 0 fully saturated rings. The molecule has 4 nitrogen and oxygen atoms in total. The highest BCUT2D eigenvalue weighted by Gasteiger charge is 2.36. The smallest absolute Gasteiger partial charge is 0.318 e. The maximum Gasteiger partial charge on any atom is 0.318 e. The number of carbonyl (C=O) groups is 2. The molecule has 0 amide bonds. The van der Waals surface area contributed by atoms with Gasteiger partial charge in [-0.1, -0.05) is 59.7 Å². The van der Waals surface area contributed by atoms with E-state index in [0.29, 0.717) is 11.1 Å². The number of hydrogen-bond donors (Lipinski definition) is 2. The molecule has 0 spiro atoms. The minimum atomic E-state index is -1.52. The molecule has 2 rings (SSSR count). The van der Waals surface area contributed by atoms with Crippen LogP contribution >= 0.6 is 0 Å². The Kier molecular flexibility index (Phi) is 4.61. The molecule has 114 valence electrons. The molecule has 4 heteroatoms. The van der Waals surface area contributed by atoms with Crippen molar-refractivity contribution >= 4 is 11.9 Å². The van der Waals surface area contributed by atoms with E-state index in [1.165, 1.54) is 0 Å². The highest BCUT2D eigenvalue weighted by molar-refractivity contribution is 5.94. The lowest BCUT2D eigenvalue weighted by atomic mass is 9.80. The van der Waals surface area contributed by atoms with Gasteiger partial charge in [0, 0.05) is 5.92 Å². The average molecular weight is 298 g/mol. The summed E-state index contributed by atoms with van der Waals surface area (Å²) in [5, 5.41) is 18.7. The molecule has 0 heterocycles. The third kappa shape index (κ3) is 3.34. The lowest BCUT2D eigenvalue weighted by Crippen LogP contribution is -2.30. The number of aryl methyl sites for hydroxylation is 2. The summed E-state index contributed by atoms with van der Waals surface area (Å²) in [7, 11) is 0. The Morgan fingerprint density at radius 3 is 1.32 bits per heavy atom. The summed E-state index contributed by atoms with van der Waals surface area (Å²) in [6.45, 7) is 3.85. The van der Waals surface area contributed by atoms with Crippen molar-refractivity contribution < 1.29 is 19.8 Å². The third-order valence-electron chi connectivity index (χ3n) is 3.74. The van der Waals surface area contributed by atoms with Gasteiger partial charge in [-0.05, 0) is 25.0 Å². The maximum atomic E-state index is 11.5. The summed E-state index contributed by atoms with van der Waals surface area (Å²) in [5.74, 6) is -4.92. The molecule has 0 saturated heterocycles. The normalized spacial score (nSPS) is 10.9. The molecule has 0 aliphatic carbocycles. The molecule has 0 unspecified atom stereocenters. The average Bonchev–Trinajstić information content (AvgIpc) is 2.46. The maximum absolute atomic E-state index is 11.5. The Hall–Kier alpha value is -2.62. The molecule has 0 aliphatic rings. The van der Waals surface area contributed by atoms with Gasteiger partial charge in [0.2, 0.25) is 0 Å². The van der Waals surface area contributed by atoms with Crippen LogP contribution in [0.1, 0.15) is 28.2 Å². The topological polar surface area (TPSA) is 74.6 Å². The van der Waals surface area contributed by atoms with Crippen LogP contribution in [0.25, 0.3) is 0 Å². The van der Waals surface area contributed by atoms with Crippen LogP contribution in [0, 0.1) is 19.8 Å². The van der Waals surface area contributed by atoms with Crippen molar-refractivity contribution in [2.75, 3.05) is 0 Å². The van der Waals surface area contributed by atoms with E-state index in [9.17, 15) is 19.8 Å². The third-order valence-corrected chi connectivity index (χ3v) is 3.74. The van der Waals surface area contributed by atoms with E-state index in [4.69, 9.17) is 0 Å². The summed E-state index contributed by atoms with van der Waals surface area (Å²) in [6.07, 6.45) is 0. The second-order valence-electron chi connectivity index (χ2n) is 5.45. The molecule has 2 N–H and O–H groups in total. The van der Waals surface area contributed by atoms with Crippen LogP contribution in [-0.4, -0.2) is 22.2 Å². The number of aliphatic carboxylic acids is 2. The van der Waals surface area contributed by atoms with Gasteiger partial charge in [-0.25, -0.2) is 0 Å². The molecule has 0 aliphatic heterocycles.